The van der Waals surface area contributed by atoms with Crippen LogP contribution in [0, 0.1) is 44.8 Å². The average molecular weight is 1060 g/mol. The van der Waals surface area contributed by atoms with Gasteiger partial charge in [0, 0.05) is 60.5 Å². The highest BCUT2D eigenvalue weighted by molar-refractivity contribution is 6.35. The topological polar surface area (TPSA) is 183 Å². The molecule has 2 N–H and O–H groups in total. The van der Waals surface area contributed by atoms with Crippen LogP contribution in [0.15, 0.2) is 110 Å². The molecular weight excluding hydrogens is 1000 g/mol. The molecule has 4 aromatic carbocycles. The number of fused-ring (bicyclic) bond motifs is 2. The van der Waals surface area contributed by atoms with Gasteiger partial charge in [0.15, 0.2) is 0 Å². The van der Waals surface area contributed by atoms with Gasteiger partial charge >= 0.3 is 0 Å². The molecule has 0 radical (unpaired) electrons. The number of halogens is 5. The first-order valence-corrected chi connectivity index (χ1v) is 25.9. The first kappa shape index (κ1) is 53.9. The molecule has 2 fully saturated rings. The van der Waals surface area contributed by atoms with Crippen LogP contribution in [0.1, 0.15) is 129 Å². The van der Waals surface area contributed by atoms with Crippen molar-refractivity contribution in [2.45, 2.75) is 116 Å². The van der Waals surface area contributed by atoms with Gasteiger partial charge in [-0.2, -0.15) is 15.8 Å². The molecule has 0 amide bonds. The molecule has 0 saturated heterocycles. The molecule has 0 aliphatic heterocycles. The minimum absolute atomic E-state index is 0.00883. The minimum Gasteiger partial charge on any atom is -0.383 e. The lowest BCUT2D eigenvalue weighted by molar-refractivity contribution is 0.0590. The zero-order valence-corrected chi connectivity index (χ0v) is 44.4. The lowest BCUT2D eigenvalue weighted by Crippen LogP contribution is -2.26. The second kappa shape index (κ2) is 21.6. The second-order valence-corrected chi connectivity index (χ2v) is 23.0. The number of anilines is 2. The lowest BCUT2D eigenvalue weighted by atomic mass is 9.88. The average Bonchev–Trinajstić information content (AvgIpc) is 4.35. The van der Waals surface area contributed by atoms with Crippen molar-refractivity contribution >= 4 is 44.8 Å². The van der Waals surface area contributed by atoms with Crippen molar-refractivity contribution in [3.05, 3.63) is 165 Å². The Bertz CT molecular complexity index is 3560. The molecular formula is C59H58ClF4N13. The van der Waals surface area contributed by atoms with E-state index in [1.807, 2.05) is 78.9 Å². The Morgan fingerprint density at radius 1 is 0.584 bits per heavy atom. The van der Waals surface area contributed by atoms with Gasteiger partial charge in [-0.1, -0.05) is 124 Å². The zero-order chi connectivity index (χ0) is 54.9. The van der Waals surface area contributed by atoms with Gasteiger partial charge in [-0.3, -0.25) is 9.97 Å². The smallest absolute Gasteiger partial charge is 0.263 e. The molecule has 10 rings (SSSR count). The first-order valence-electron chi connectivity index (χ1n) is 25.5. The van der Waals surface area contributed by atoms with Crippen LogP contribution in [0.2, 0.25) is 5.02 Å². The molecule has 2 atom stereocenters. The predicted octanol–water partition coefficient (Wildman–Crippen LogP) is 13.1. The van der Waals surface area contributed by atoms with Gasteiger partial charge in [0.1, 0.15) is 29.3 Å². The van der Waals surface area contributed by atoms with Gasteiger partial charge in [0.2, 0.25) is 0 Å². The summed E-state index contributed by atoms with van der Waals surface area (Å²) in [6.07, 6.45) is 3.81. The van der Waals surface area contributed by atoms with E-state index in [0.717, 1.165) is 27.6 Å². The van der Waals surface area contributed by atoms with Gasteiger partial charge in [0.25, 0.3) is 12.9 Å². The van der Waals surface area contributed by atoms with Gasteiger partial charge in [-0.05, 0) is 95.9 Å². The van der Waals surface area contributed by atoms with Crippen molar-refractivity contribution in [2.24, 2.45) is 10.8 Å². The number of nitriles is 3. The summed E-state index contributed by atoms with van der Waals surface area (Å²) in [6.45, 7) is 13.9. The van der Waals surface area contributed by atoms with E-state index in [0.29, 0.717) is 113 Å². The maximum Gasteiger partial charge on any atom is 0.263 e. The minimum atomic E-state index is -2.51. The maximum absolute atomic E-state index is 13.8. The molecule has 2 aliphatic carbocycles. The number of alkyl halides is 4. The summed E-state index contributed by atoms with van der Waals surface area (Å²) in [5, 5.41) is 55.2. The van der Waals surface area contributed by atoms with Crippen molar-refractivity contribution in [1.82, 2.24) is 40.0 Å². The van der Waals surface area contributed by atoms with Crippen LogP contribution in [-0.4, -0.2) is 65.9 Å². The summed E-state index contributed by atoms with van der Waals surface area (Å²) < 4.78 is 57.6. The third-order valence-corrected chi connectivity index (χ3v) is 14.5. The number of aromatic nitrogens is 8. The molecule has 0 unspecified atom stereocenters. The van der Waals surface area contributed by atoms with Crippen LogP contribution in [0.25, 0.3) is 21.8 Å². The molecule has 2 aliphatic rings. The Kier molecular flexibility index (Phi) is 15.1. The van der Waals surface area contributed by atoms with Crippen molar-refractivity contribution in [1.29, 1.82) is 15.8 Å². The van der Waals surface area contributed by atoms with Crippen LogP contribution in [0.3, 0.4) is 0 Å². The summed E-state index contributed by atoms with van der Waals surface area (Å²) in [4.78, 5) is 8.89. The summed E-state index contributed by atoms with van der Waals surface area (Å²) in [5.41, 5.74) is 6.07. The molecule has 394 valence electrons. The van der Waals surface area contributed by atoms with Gasteiger partial charge in [-0.25, -0.2) is 26.9 Å². The van der Waals surface area contributed by atoms with Crippen LogP contribution < -0.4 is 10.6 Å². The molecule has 4 aromatic heterocycles. The number of pyridine rings is 2. The number of hydrogen-bond acceptors (Lipinski definition) is 11. The number of nitrogens with one attached hydrogen (secondary N) is 2. The highest BCUT2D eigenvalue weighted by atomic mass is 35.5. The Hall–Kier alpha value is -7.94. The number of hydrogen-bond donors (Lipinski definition) is 2. The number of nitrogens with zero attached hydrogens (tertiary/aromatic N) is 11. The summed E-state index contributed by atoms with van der Waals surface area (Å²) >= 11 is 6.71. The quantitative estimate of drug-likeness (QED) is 0.0878. The SMILES string of the molecule is CC(C)(C)CNc1c(C#N)cnc2c(C#N)cc(C[C@@H](c3ccccc3)c3cn(C4(C(F)F)CC4)nn3)cc12.CC(C)(C)CNc1c(C#N)cnc2c(Cl)cc(C[C@@H](c3ccccc3)c3cn(C4(C(F)F)CC4)nn3)cc12. The molecule has 8 aromatic rings. The van der Waals surface area contributed by atoms with Crippen molar-refractivity contribution in [3.63, 3.8) is 0 Å². The highest BCUT2D eigenvalue weighted by Crippen LogP contribution is 2.49. The molecule has 2 saturated carbocycles. The molecule has 77 heavy (non-hydrogen) atoms. The van der Waals surface area contributed by atoms with Crippen molar-refractivity contribution in [3.8, 4) is 18.2 Å². The van der Waals surface area contributed by atoms with E-state index in [1.54, 1.807) is 24.7 Å². The van der Waals surface area contributed by atoms with Gasteiger partial charge in [-0.15, -0.1) is 10.2 Å². The van der Waals surface area contributed by atoms with Gasteiger partial charge < -0.3 is 10.6 Å². The standard InChI is InChI=1S/C30H29F2N7.C29H29ClF2N6/c1-29(2,3)18-36-27-22(15-34)16-35-26-21(14-33)11-19(13-24(26)27)12-23(20-7-5-4-6-8-20)25-17-39(38-37-25)30(9-10-30)28(31)32;1-28(2,3)17-35-25-20(14-33)15-34-26-22(25)12-18(13-23(26)30)11-21(19-7-5-4-6-8-19)24-16-38(37-36-24)29(9-10-29)27(31)32/h4-8,11,13,16-17,23,28H,9-10,12,18H2,1-3H3,(H,35,36);4-8,12-13,15-16,21,27H,9-11,17H2,1-3H3,(H,34,35)/t23-;21-/m00/s1. The largest absolute Gasteiger partial charge is 0.383 e. The molecule has 0 spiro atoms. The van der Waals surface area contributed by atoms with E-state index >= 15 is 0 Å². The third-order valence-electron chi connectivity index (χ3n) is 14.2. The van der Waals surface area contributed by atoms with Crippen LogP contribution in [-0.2, 0) is 23.9 Å². The number of benzene rings is 4. The number of rotatable bonds is 16. The van der Waals surface area contributed by atoms with Crippen molar-refractivity contribution < 1.29 is 17.6 Å². The third kappa shape index (κ3) is 11.6. The van der Waals surface area contributed by atoms with E-state index in [1.165, 1.54) is 15.6 Å². The Morgan fingerprint density at radius 2 is 0.987 bits per heavy atom. The molecule has 13 nitrogen and oxygen atoms in total. The molecule has 0 bridgehead atoms. The van der Waals surface area contributed by atoms with Crippen molar-refractivity contribution in [2.75, 3.05) is 23.7 Å². The Morgan fingerprint density at radius 3 is 1.38 bits per heavy atom. The zero-order valence-electron chi connectivity index (χ0n) is 43.7. The molecule has 4 heterocycles. The van der Waals surface area contributed by atoms with Crippen LogP contribution in [0.5, 0.6) is 0 Å². The molecule has 18 heteroatoms. The fourth-order valence-corrected chi connectivity index (χ4v) is 9.83. The van der Waals surface area contributed by atoms with E-state index < -0.39 is 23.9 Å². The van der Waals surface area contributed by atoms with E-state index in [2.05, 4.69) is 101 Å². The fraction of sp³-hybridized carbons (Fsp3) is 0.373. The Labute approximate surface area is 449 Å². The van der Waals surface area contributed by atoms with E-state index in [9.17, 15) is 33.3 Å². The summed E-state index contributed by atoms with van der Waals surface area (Å²) in [6, 6.07) is 33.9. The normalized spacial score (nSPS) is 15.2. The monoisotopic (exact) mass is 1060 g/mol. The first-order chi connectivity index (χ1) is 36.8. The lowest BCUT2D eigenvalue weighted by Gasteiger charge is -2.22. The van der Waals surface area contributed by atoms with Crippen LogP contribution >= 0.6 is 11.6 Å². The second-order valence-electron chi connectivity index (χ2n) is 22.6. The fourth-order valence-electron chi connectivity index (χ4n) is 9.54. The Balaban J connectivity index is 0.000000188. The van der Waals surface area contributed by atoms with Gasteiger partial charge in [0.05, 0.1) is 55.5 Å². The predicted molar refractivity (Wildman–Crippen MR) is 289 cm³/mol. The van der Waals surface area contributed by atoms with Crippen LogP contribution in [0.4, 0.5) is 28.9 Å². The highest BCUT2D eigenvalue weighted by Gasteiger charge is 2.55. The van der Waals surface area contributed by atoms with E-state index in [-0.39, 0.29) is 22.7 Å². The summed E-state index contributed by atoms with van der Waals surface area (Å²) in [7, 11) is 0. The maximum atomic E-state index is 13.8. The summed E-state index contributed by atoms with van der Waals surface area (Å²) in [5.74, 6) is -0.513. The van der Waals surface area contributed by atoms with E-state index in [4.69, 9.17) is 11.6 Å².